The molecule has 0 spiro atoms. The van der Waals surface area contributed by atoms with E-state index >= 15 is 0 Å². The van der Waals surface area contributed by atoms with E-state index in [1.807, 2.05) is 43.3 Å². The van der Waals surface area contributed by atoms with E-state index in [1.54, 1.807) is 0 Å². The Balaban J connectivity index is 2.15. The lowest BCUT2D eigenvalue weighted by molar-refractivity contribution is 0.299. The first-order chi connectivity index (χ1) is 11.1. The third-order valence-corrected chi connectivity index (χ3v) is 3.54. The van der Waals surface area contributed by atoms with Crippen molar-refractivity contribution in [2.24, 2.45) is 0 Å². The summed E-state index contributed by atoms with van der Waals surface area (Å²) in [6.07, 6.45) is 5.22. The number of terminal acetylenes is 1. The van der Waals surface area contributed by atoms with Gasteiger partial charge in [-0.05, 0) is 48.9 Å². The molecule has 0 radical (unpaired) electrons. The van der Waals surface area contributed by atoms with Crippen molar-refractivity contribution in [3.8, 4) is 23.8 Å². The number of ether oxygens (including phenoxy) is 2. The van der Waals surface area contributed by atoms with E-state index < -0.39 is 0 Å². The molecule has 0 aliphatic rings. The summed E-state index contributed by atoms with van der Waals surface area (Å²) >= 11 is 12.2. The molecule has 0 aromatic heterocycles. The van der Waals surface area contributed by atoms with Crippen molar-refractivity contribution in [1.29, 1.82) is 0 Å². The molecule has 0 unspecified atom stereocenters. The largest absolute Gasteiger partial charge is 0.490 e. The van der Waals surface area contributed by atoms with Gasteiger partial charge >= 0.3 is 0 Å². The van der Waals surface area contributed by atoms with Gasteiger partial charge in [-0.15, -0.1) is 6.42 Å². The molecule has 0 aliphatic heterocycles. The van der Waals surface area contributed by atoms with Crippen LogP contribution in [0.1, 0.15) is 12.5 Å². The minimum Gasteiger partial charge on any atom is -0.490 e. The molecule has 0 bridgehead atoms. The van der Waals surface area contributed by atoms with E-state index in [9.17, 15) is 0 Å². The number of nitrogens with one attached hydrogen (secondary N) is 1. The van der Waals surface area contributed by atoms with Crippen molar-refractivity contribution < 1.29 is 9.47 Å². The molecule has 5 heteroatoms. The number of halogens is 2. The summed E-state index contributed by atoms with van der Waals surface area (Å²) in [5, 5.41) is 4.47. The van der Waals surface area contributed by atoms with Gasteiger partial charge in [0.25, 0.3) is 0 Å². The van der Waals surface area contributed by atoms with Gasteiger partial charge in [0.1, 0.15) is 6.61 Å². The average molecular weight is 350 g/mol. The van der Waals surface area contributed by atoms with Crippen LogP contribution in [0.25, 0.3) is 0 Å². The highest BCUT2D eigenvalue weighted by Gasteiger charge is 2.12. The number of rotatable bonds is 7. The van der Waals surface area contributed by atoms with Crippen LogP contribution in [0.4, 0.5) is 5.69 Å². The van der Waals surface area contributed by atoms with Gasteiger partial charge in [0.2, 0.25) is 0 Å². The molecule has 0 saturated carbocycles. The fourth-order valence-corrected chi connectivity index (χ4v) is 2.43. The molecule has 2 aromatic carbocycles. The quantitative estimate of drug-likeness (QED) is 0.712. The average Bonchev–Trinajstić information content (AvgIpc) is 2.54. The zero-order valence-corrected chi connectivity index (χ0v) is 14.2. The second-order valence-electron chi connectivity index (χ2n) is 4.69. The van der Waals surface area contributed by atoms with Gasteiger partial charge in [0, 0.05) is 17.3 Å². The van der Waals surface area contributed by atoms with Crippen molar-refractivity contribution >= 4 is 28.9 Å². The highest BCUT2D eigenvalue weighted by atomic mass is 35.5. The Morgan fingerprint density at radius 2 is 1.87 bits per heavy atom. The van der Waals surface area contributed by atoms with Gasteiger partial charge in [-0.3, -0.25) is 0 Å². The summed E-state index contributed by atoms with van der Waals surface area (Å²) in [4.78, 5) is 0. The van der Waals surface area contributed by atoms with Crippen LogP contribution in [0.5, 0.6) is 11.5 Å². The monoisotopic (exact) mass is 349 g/mol. The maximum Gasteiger partial charge on any atom is 0.181 e. The standard InChI is InChI=1S/C18H17Cl2NO2/c1-3-9-23-18-16(20)10-13(11-17(18)22-4-2)12-21-15-7-5-14(19)6-8-15/h1,5-8,10-11,21H,4,9,12H2,2H3. The van der Waals surface area contributed by atoms with Crippen molar-refractivity contribution in [3.63, 3.8) is 0 Å². The van der Waals surface area contributed by atoms with E-state index in [1.165, 1.54) is 0 Å². The molecule has 1 N–H and O–H groups in total. The predicted octanol–water partition coefficient (Wildman–Crippen LogP) is 5.02. The lowest BCUT2D eigenvalue weighted by atomic mass is 10.2. The molecule has 2 rings (SSSR count). The lowest BCUT2D eigenvalue weighted by Crippen LogP contribution is -2.03. The molecule has 0 heterocycles. The second kappa shape index (κ2) is 8.57. The molecule has 2 aromatic rings. The van der Waals surface area contributed by atoms with Gasteiger partial charge in [0.15, 0.2) is 11.5 Å². The van der Waals surface area contributed by atoms with E-state index in [0.29, 0.717) is 34.7 Å². The topological polar surface area (TPSA) is 30.5 Å². The van der Waals surface area contributed by atoms with Crippen LogP contribution in [-0.4, -0.2) is 13.2 Å². The van der Waals surface area contributed by atoms with Crippen LogP contribution in [0.2, 0.25) is 10.0 Å². The van der Waals surface area contributed by atoms with Crippen molar-refractivity contribution in [2.45, 2.75) is 13.5 Å². The van der Waals surface area contributed by atoms with E-state index in [0.717, 1.165) is 11.3 Å². The summed E-state index contributed by atoms with van der Waals surface area (Å²) in [6, 6.07) is 11.2. The van der Waals surface area contributed by atoms with Gasteiger partial charge in [-0.1, -0.05) is 29.1 Å². The Labute approximate surface area is 146 Å². The first-order valence-corrected chi connectivity index (χ1v) is 7.90. The molecule has 120 valence electrons. The third kappa shape index (κ3) is 4.99. The van der Waals surface area contributed by atoms with E-state index in [-0.39, 0.29) is 6.61 Å². The van der Waals surface area contributed by atoms with Crippen LogP contribution in [0, 0.1) is 12.3 Å². The van der Waals surface area contributed by atoms with Gasteiger partial charge in [0.05, 0.1) is 11.6 Å². The van der Waals surface area contributed by atoms with Crippen molar-refractivity contribution in [3.05, 3.63) is 52.0 Å². The Bertz CT molecular complexity index is 693. The SMILES string of the molecule is C#CCOc1c(Cl)cc(CNc2ccc(Cl)cc2)cc1OCC. The molecular weight excluding hydrogens is 333 g/mol. The zero-order valence-electron chi connectivity index (χ0n) is 12.7. The second-order valence-corrected chi connectivity index (χ2v) is 5.53. The Kier molecular flexibility index (Phi) is 6.46. The minimum absolute atomic E-state index is 0.141. The van der Waals surface area contributed by atoms with Crippen molar-refractivity contribution in [2.75, 3.05) is 18.5 Å². The first-order valence-electron chi connectivity index (χ1n) is 7.15. The maximum absolute atomic E-state index is 6.29. The van der Waals surface area contributed by atoms with Gasteiger partial charge in [-0.2, -0.15) is 0 Å². The normalized spacial score (nSPS) is 10.0. The summed E-state index contributed by atoms with van der Waals surface area (Å²) in [5.74, 6) is 3.48. The highest BCUT2D eigenvalue weighted by molar-refractivity contribution is 6.32. The van der Waals surface area contributed by atoms with Crippen LogP contribution in [0.3, 0.4) is 0 Å². The Morgan fingerprint density at radius 1 is 1.13 bits per heavy atom. The van der Waals surface area contributed by atoms with Gasteiger partial charge < -0.3 is 14.8 Å². The molecule has 0 aliphatic carbocycles. The van der Waals surface area contributed by atoms with Crippen LogP contribution in [-0.2, 0) is 6.54 Å². The summed E-state index contributed by atoms with van der Waals surface area (Å²) in [6.45, 7) is 3.15. The summed E-state index contributed by atoms with van der Waals surface area (Å²) in [7, 11) is 0. The Hall–Kier alpha value is -2.02. The van der Waals surface area contributed by atoms with Crippen LogP contribution >= 0.6 is 23.2 Å². The van der Waals surface area contributed by atoms with Crippen LogP contribution < -0.4 is 14.8 Å². The lowest BCUT2D eigenvalue weighted by Gasteiger charge is -2.15. The minimum atomic E-state index is 0.141. The summed E-state index contributed by atoms with van der Waals surface area (Å²) in [5.41, 5.74) is 1.94. The molecule has 0 saturated heterocycles. The van der Waals surface area contributed by atoms with Crippen molar-refractivity contribution in [1.82, 2.24) is 0 Å². The molecule has 3 nitrogen and oxygen atoms in total. The molecule has 0 atom stereocenters. The molecular formula is C18H17Cl2NO2. The van der Waals surface area contributed by atoms with Crippen LogP contribution in [0.15, 0.2) is 36.4 Å². The fraction of sp³-hybridized carbons (Fsp3) is 0.222. The maximum atomic E-state index is 6.29. The molecule has 23 heavy (non-hydrogen) atoms. The van der Waals surface area contributed by atoms with E-state index in [4.69, 9.17) is 39.1 Å². The van der Waals surface area contributed by atoms with Gasteiger partial charge in [-0.25, -0.2) is 0 Å². The molecule has 0 fully saturated rings. The smallest absolute Gasteiger partial charge is 0.181 e. The predicted molar refractivity (Wildman–Crippen MR) is 95.7 cm³/mol. The third-order valence-electron chi connectivity index (χ3n) is 3.01. The van der Waals surface area contributed by atoms with E-state index in [2.05, 4.69) is 11.2 Å². The Morgan fingerprint density at radius 3 is 2.52 bits per heavy atom. The highest BCUT2D eigenvalue weighted by Crippen LogP contribution is 2.36. The number of hydrogen-bond acceptors (Lipinski definition) is 3. The summed E-state index contributed by atoms with van der Waals surface area (Å²) < 4.78 is 11.1. The fourth-order valence-electron chi connectivity index (χ4n) is 2.01. The number of hydrogen-bond donors (Lipinski definition) is 1. The number of benzene rings is 2. The number of anilines is 1. The molecule has 0 amide bonds. The zero-order chi connectivity index (χ0) is 16.7. The first kappa shape index (κ1) is 17.3.